The Morgan fingerprint density at radius 3 is 2.84 bits per heavy atom. The monoisotopic (exact) mass is 332 g/mol. The van der Waals surface area contributed by atoms with Gasteiger partial charge in [-0.25, -0.2) is 0 Å². The van der Waals surface area contributed by atoms with Gasteiger partial charge < -0.3 is 4.74 Å². The number of hydrogen-bond donors (Lipinski definition) is 0. The number of hydrogen-bond acceptors (Lipinski definition) is 5. The summed E-state index contributed by atoms with van der Waals surface area (Å²) < 4.78 is 5.88. The van der Waals surface area contributed by atoms with Gasteiger partial charge in [0, 0.05) is 6.07 Å². The number of aromatic nitrogens is 1. The van der Waals surface area contributed by atoms with Crippen LogP contribution in [0.15, 0.2) is 21.5 Å². The van der Waals surface area contributed by atoms with Gasteiger partial charge in [0.15, 0.2) is 0 Å². The number of nitrogens with zero attached hydrogens (tertiary/aromatic N) is 2. The second-order valence-corrected chi connectivity index (χ2v) is 4.66. The first-order chi connectivity index (χ1) is 8.95. The van der Waals surface area contributed by atoms with Gasteiger partial charge in [0.2, 0.25) is 0 Å². The second kappa shape index (κ2) is 7.03. The molecule has 0 spiro atoms. The van der Waals surface area contributed by atoms with Gasteiger partial charge in [0.25, 0.3) is 11.2 Å². The van der Waals surface area contributed by atoms with E-state index in [1.54, 1.807) is 0 Å². The average molecular weight is 333 g/mol. The highest BCUT2D eigenvalue weighted by atomic mass is 79.9. The minimum atomic E-state index is -0.636. The van der Waals surface area contributed by atoms with Crippen LogP contribution in [0.1, 0.15) is 19.8 Å². The third-order valence-electron chi connectivity index (χ3n) is 2.30. The molecule has 0 aliphatic carbocycles. The van der Waals surface area contributed by atoms with Crippen LogP contribution in [-0.2, 0) is 16.1 Å². The molecule has 1 aromatic rings. The van der Waals surface area contributed by atoms with Crippen molar-refractivity contribution in [2.45, 2.75) is 26.3 Å². The molecule has 7 nitrogen and oxygen atoms in total. The molecule has 1 heterocycles. The predicted octanol–water partition coefficient (Wildman–Crippen LogP) is 1.86. The van der Waals surface area contributed by atoms with E-state index in [1.807, 2.05) is 6.92 Å². The van der Waals surface area contributed by atoms with Gasteiger partial charge in [-0.1, -0.05) is 13.3 Å². The zero-order valence-electron chi connectivity index (χ0n) is 10.3. The predicted molar refractivity (Wildman–Crippen MR) is 70.9 cm³/mol. The molecule has 0 aromatic carbocycles. The molecule has 0 aliphatic heterocycles. The quantitative estimate of drug-likeness (QED) is 0.343. The van der Waals surface area contributed by atoms with E-state index in [2.05, 4.69) is 15.9 Å². The van der Waals surface area contributed by atoms with Crippen molar-refractivity contribution in [1.29, 1.82) is 0 Å². The molecule has 19 heavy (non-hydrogen) atoms. The Hall–Kier alpha value is -1.70. The summed E-state index contributed by atoms with van der Waals surface area (Å²) in [4.78, 5) is 33.2. The van der Waals surface area contributed by atoms with Crippen molar-refractivity contribution in [1.82, 2.24) is 4.57 Å². The van der Waals surface area contributed by atoms with Crippen LogP contribution in [0.5, 0.6) is 0 Å². The Kier molecular flexibility index (Phi) is 5.68. The number of esters is 1. The number of carbonyl (C=O) groups excluding carboxylic acids is 1. The van der Waals surface area contributed by atoms with Crippen LogP contribution in [-0.4, -0.2) is 22.1 Å². The first-order valence-corrected chi connectivity index (χ1v) is 6.45. The van der Waals surface area contributed by atoms with Crippen LogP contribution < -0.4 is 5.56 Å². The van der Waals surface area contributed by atoms with Crippen LogP contribution in [0.4, 0.5) is 5.69 Å². The fraction of sp³-hybridized carbons (Fsp3) is 0.455. The largest absolute Gasteiger partial charge is 0.464 e. The lowest BCUT2D eigenvalue weighted by atomic mass is 10.4. The molecule has 0 unspecified atom stereocenters. The van der Waals surface area contributed by atoms with Crippen LogP contribution in [0.3, 0.4) is 0 Å². The molecule has 0 radical (unpaired) electrons. The van der Waals surface area contributed by atoms with Crippen molar-refractivity contribution in [3.05, 3.63) is 37.2 Å². The molecule has 0 amide bonds. The van der Waals surface area contributed by atoms with Crippen molar-refractivity contribution in [2.24, 2.45) is 0 Å². The van der Waals surface area contributed by atoms with Crippen molar-refractivity contribution in [2.75, 3.05) is 6.61 Å². The van der Waals surface area contributed by atoms with Crippen LogP contribution >= 0.6 is 15.9 Å². The topological polar surface area (TPSA) is 91.4 Å². The molecule has 1 aromatic heterocycles. The fourth-order valence-corrected chi connectivity index (χ4v) is 1.78. The summed E-state index contributed by atoms with van der Waals surface area (Å²) in [6.45, 7) is 1.89. The maximum atomic E-state index is 11.7. The average Bonchev–Trinajstić information content (AvgIpc) is 2.34. The Morgan fingerprint density at radius 2 is 2.26 bits per heavy atom. The number of carbonyl (C=O) groups is 1. The molecule has 0 N–H and O–H groups in total. The normalized spacial score (nSPS) is 10.2. The molecule has 0 aliphatic rings. The molecule has 0 saturated carbocycles. The number of nitro groups is 1. The zero-order chi connectivity index (χ0) is 14.4. The number of pyridine rings is 1. The molecule has 0 saturated heterocycles. The van der Waals surface area contributed by atoms with Gasteiger partial charge >= 0.3 is 5.97 Å². The van der Waals surface area contributed by atoms with Crippen molar-refractivity contribution >= 4 is 27.6 Å². The standard InChI is InChI=1S/C11H13BrN2O5/c1-2-3-4-19-10(15)7-13-6-8(14(17)18)5-9(12)11(13)16/h5-6H,2-4,7H2,1H3. The lowest BCUT2D eigenvalue weighted by Gasteiger charge is -2.06. The highest BCUT2D eigenvalue weighted by Gasteiger charge is 2.14. The molecule has 0 bridgehead atoms. The molecule has 0 atom stereocenters. The van der Waals surface area contributed by atoms with Crippen molar-refractivity contribution in [3.63, 3.8) is 0 Å². The molecular weight excluding hydrogens is 320 g/mol. The fourth-order valence-electron chi connectivity index (χ4n) is 1.32. The van der Waals surface area contributed by atoms with Gasteiger partial charge in [0.1, 0.15) is 6.54 Å². The van der Waals surface area contributed by atoms with Crippen LogP contribution in [0.25, 0.3) is 0 Å². The third kappa shape index (κ3) is 4.47. The highest BCUT2D eigenvalue weighted by molar-refractivity contribution is 9.10. The third-order valence-corrected chi connectivity index (χ3v) is 2.87. The van der Waals surface area contributed by atoms with Crippen molar-refractivity contribution < 1.29 is 14.5 Å². The molecule has 1 rings (SSSR count). The second-order valence-electron chi connectivity index (χ2n) is 3.81. The lowest BCUT2D eigenvalue weighted by molar-refractivity contribution is -0.385. The van der Waals surface area contributed by atoms with E-state index in [0.717, 1.165) is 29.7 Å². The Morgan fingerprint density at radius 1 is 1.58 bits per heavy atom. The summed E-state index contributed by atoms with van der Waals surface area (Å²) in [5, 5.41) is 10.7. The van der Waals surface area contributed by atoms with E-state index < -0.39 is 16.5 Å². The van der Waals surface area contributed by atoms with E-state index in [-0.39, 0.29) is 23.3 Å². The summed E-state index contributed by atoms with van der Waals surface area (Å²) in [5.41, 5.74) is -0.786. The smallest absolute Gasteiger partial charge is 0.326 e. The Balaban J connectivity index is 2.85. The molecule has 104 valence electrons. The zero-order valence-corrected chi connectivity index (χ0v) is 11.9. The van der Waals surface area contributed by atoms with E-state index in [1.165, 1.54) is 0 Å². The number of unbranched alkanes of at least 4 members (excludes halogenated alkanes) is 1. The van der Waals surface area contributed by atoms with E-state index in [9.17, 15) is 19.7 Å². The van der Waals surface area contributed by atoms with E-state index >= 15 is 0 Å². The first-order valence-electron chi connectivity index (χ1n) is 5.65. The summed E-state index contributed by atoms with van der Waals surface area (Å²) in [7, 11) is 0. The first kappa shape index (κ1) is 15.4. The van der Waals surface area contributed by atoms with Gasteiger partial charge in [-0.15, -0.1) is 0 Å². The van der Waals surface area contributed by atoms with Gasteiger partial charge in [-0.2, -0.15) is 0 Å². The van der Waals surface area contributed by atoms with Gasteiger partial charge in [-0.05, 0) is 22.4 Å². The summed E-state index contributed by atoms with van der Waals surface area (Å²) >= 11 is 2.93. The number of halogens is 1. The summed E-state index contributed by atoms with van der Waals surface area (Å²) in [6.07, 6.45) is 2.64. The molecule has 8 heteroatoms. The SMILES string of the molecule is CCCCOC(=O)Cn1cc([N+](=O)[O-])cc(Br)c1=O. The van der Waals surface area contributed by atoms with Gasteiger partial charge in [-0.3, -0.25) is 24.3 Å². The molecule has 0 fully saturated rings. The maximum Gasteiger partial charge on any atom is 0.326 e. The number of rotatable bonds is 6. The maximum absolute atomic E-state index is 11.7. The van der Waals surface area contributed by atoms with Crippen LogP contribution in [0, 0.1) is 10.1 Å². The Bertz CT molecular complexity index is 540. The Labute approximate surface area is 117 Å². The van der Waals surface area contributed by atoms with Gasteiger partial charge in [0.05, 0.1) is 22.2 Å². The summed E-state index contributed by atoms with van der Waals surface area (Å²) in [5.74, 6) is -0.594. The van der Waals surface area contributed by atoms with E-state index in [4.69, 9.17) is 4.74 Å². The van der Waals surface area contributed by atoms with E-state index in [0.29, 0.717) is 0 Å². The number of ether oxygens (including phenoxy) is 1. The summed E-state index contributed by atoms with van der Waals surface area (Å²) in [6, 6.07) is 1.10. The minimum Gasteiger partial charge on any atom is -0.464 e. The lowest BCUT2D eigenvalue weighted by Crippen LogP contribution is -2.26. The van der Waals surface area contributed by atoms with Crippen LogP contribution in [0.2, 0.25) is 0 Å². The van der Waals surface area contributed by atoms with Crippen molar-refractivity contribution in [3.8, 4) is 0 Å². The highest BCUT2D eigenvalue weighted by Crippen LogP contribution is 2.14. The molecular formula is C11H13BrN2O5. The minimum absolute atomic E-state index is 0.0306.